The second-order valence-electron chi connectivity index (χ2n) is 4.22. The van der Waals surface area contributed by atoms with Gasteiger partial charge in [0.1, 0.15) is 11.6 Å². The number of rotatable bonds is 3. The van der Waals surface area contributed by atoms with Gasteiger partial charge in [0, 0.05) is 18.0 Å². The van der Waals surface area contributed by atoms with E-state index in [1.807, 2.05) is 6.07 Å². The molecule has 1 aromatic carbocycles. The monoisotopic (exact) mass is 284 g/mol. The van der Waals surface area contributed by atoms with Crippen LogP contribution in [0.25, 0.3) is 22.7 Å². The third kappa shape index (κ3) is 2.46. The highest BCUT2D eigenvalue weighted by Gasteiger charge is 2.11. The summed E-state index contributed by atoms with van der Waals surface area (Å²) in [5.74, 6) is 1.09. The number of nitrogens with one attached hydrogen (secondary N) is 2. The first-order valence-electron chi connectivity index (χ1n) is 6.09. The Morgan fingerprint density at radius 2 is 2.14 bits per heavy atom. The van der Waals surface area contributed by atoms with E-state index in [9.17, 15) is 4.79 Å². The SMILES string of the molecule is COc1ccc(-c2nc3nccnc3[nH]2)cc1NC(N)=O. The van der Waals surface area contributed by atoms with Crippen molar-refractivity contribution in [1.29, 1.82) is 0 Å². The van der Waals surface area contributed by atoms with Crippen LogP contribution in [0.2, 0.25) is 0 Å². The molecule has 0 saturated heterocycles. The summed E-state index contributed by atoms with van der Waals surface area (Å²) in [5, 5.41) is 2.51. The Morgan fingerprint density at radius 1 is 1.33 bits per heavy atom. The fourth-order valence-corrected chi connectivity index (χ4v) is 1.97. The molecule has 3 rings (SSSR count). The predicted molar refractivity (Wildman–Crippen MR) is 76.9 cm³/mol. The van der Waals surface area contributed by atoms with Crippen molar-refractivity contribution < 1.29 is 9.53 Å². The van der Waals surface area contributed by atoms with Gasteiger partial charge in [0.15, 0.2) is 11.3 Å². The fraction of sp³-hybridized carbons (Fsp3) is 0.0769. The van der Waals surface area contributed by atoms with Crippen LogP contribution < -0.4 is 15.8 Å². The van der Waals surface area contributed by atoms with Crippen molar-refractivity contribution in [2.24, 2.45) is 5.73 Å². The van der Waals surface area contributed by atoms with E-state index in [2.05, 4.69) is 25.3 Å². The second-order valence-corrected chi connectivity index (χ2v) is 4.22. The van der Waals surface area contributed by atoms with Gasteiger partial charge in [-0.1, -0.05) is 0 Å². The number of carbonyl (C=O) groups is 1. The molecular formula is C13H12N6O2. The molecule has 0 aliphatic heterocycles. The van der Waals surface area contributed by atoms with Crippen LogP contribution in [0.3, 0.4) is 0 Å². The van der Waals surface area contributed by atoms with Gasteiger partial charge in [0.2, 0.25) is 0 Å². The molecule has 0 fully saturated rings. The summed E-state index contributed by atoms with van der Waals surface area (Å²) in [6.07, 6.45) is 3.15. The summed E-state index contributed by atoms with van der Waals surface area (Å²) in [7, 11) is 1.51. The van der Waals surface area contributed by atoms with E-state index >= 15 is 0 Å². The minimum absolute atomic E-state index is 0.462. The molecule has 4 N–H and O–H groups in total. The number of anilines is 1. The molecule has 0 aliphatic carbocycles. The molecular weight excluding hydrogens is 272 g/mol. The van der Waals surface area contributed by atoms with Gasteiger partial charge in [-0.3, -0.25) is 0 Å². The average molecular weight is 284 g/mol. The minimum atomic E-state index is -0.668. The van der Waals surface area contributed by atoms with Crippen LogP contribution in [0.1, 0.15) is 0 Å². The summed E-state index contributed by atoms with van der Waals surface area (Å²) in [5.41, 5.74) is 7.47. The summed E-state index contributed by atoms with van der Waals surface area (Å²) >= 11 is 0. The zero-order valence-corrected chi connectivity index (χ0v) is 11.1. The Hall–Kier alpha value is -3.16. The molecule has 3 aromatic rings. The maximum atomic E-state index is 11.0. The lowest BCUT2D eigenvalue weighted by Crippen LogP contribution is -2.19. The van der Waals surface area contributed by atoms with Gasteiger partial charge < -0.3 is 20.8 Å². The van der Waals surface area contributed by atoms with E-state index in [-0.39, 0.29) is 0 Å². The number of primary amides is 1. The van der Waals surface area contributed by atoms with E-state index in [0.29, 0.717) is 28.6 Å². The largest absolute Gasteiger partial charge is 0.495 e. The molecule has 0 saturated carbocycles. The van der Waals surface area contributed by atoms with E-state index in [0.717, 1.165) is 5.56 Å². The quantitative estimate of drug-likeness (QED) is 0.673. The van der Waals surface area contributed by atoms with Gasteiger partial charge >= 0.3 is 6.03 Å². The third-order valence-corrected chi connectivity index (χ3v) is 2.86. The maximum absolute atomic E-state index is 11.0. The molecule has 21 heavy (non-hydrogen) atoms. The van der Waals surface area contributed by atoms with Crippen molar-refractivity contribution >= 4 is 23.0 Å². The number of carbonyl (C=O) groups excluding carboxylic acids is 1. The van der Waals surface area contributed by atoms with Crippen molar-refractivity contribution in [3.8, 4) is 17.1 Å². The highest BCUT2D eigenvalue weighted by molar-refractivity contribution is 5.90. The molecule has 8 heteroatoms. The van der Waals surface area contributed by atoms with Crippen LogP contribution in [0.5, 0.6) is 5.75 Å². The van der Waals surface area contributed by atoms with Gasteiger partial charge in [0.25, 0.3) is 0 Å². The molecule has 2 amide bonds. The lowest BCUT2D eigenvalue weighted by molar-refractivity contribution is 0.259. The van der Waals surface area contributed by atoms with Gasteiger partial charge in [-0.05, 0) is 18.2 Å². The van der Waals surface area contributed by atoms with E-state index in [1.165, 1.54) is 7.11 Å². The van der Waals surface area contributed by atoms with Crippen LogP contribution >= 0.6 is 0 Å². The normalized spacial score (nSPS) is 10.5. The third-order valence-electron chi connectivity index (χ3n) is 2.86. The van der Waals surface area contributed by atoms with Crippen molar-refractivity contribution in [3.05, 3.63) is 30.6 Å². The molecule has 8 nitrogen and oxygen atoms in total. The van der Waals surface area contributed by atoms with Crippen molar-refractivity contribution in [1.82, 2.24) is 19.9 Å². The highest BCUT2D eigenvalue weighted by atomic mass is 16.5. The molecule has 0 atom stereocenters. The number of fused-ring (bicyclic) bond motifs is 1. The van der Waals surface area contributed by atoms with Crippen LogP contribution in [-0.4, -0.2) is 33.1 Å². The maximum Gasteiger partial charge on any atom is 0.316 e. The Kier molecular flexibility index (Phi) is 3.11. The molecule has 106 valence electrons. The number of hydrogen-bond donors (Lipinski definition) is 3. The lowest BCUT2D eigenvalue weighted by atomic mass is 10.1. The van der Waals surface area contributed by atoms with Crippen molar-refractivity contribution in [3.63, 3.8) is 0 Å². The number of urea groups is 1. The number of imidazole rings is 1. The second kappa shape index (κ2) is 5.08. The average Bonchev–Trinajstić information content (AvgIpc) is 2.90. The number of ether oxygens (including phenoxy) is 1. The van der Waals surface area contributed by atoms with Crippen LogP contribution in [-0.2, 0) is 0 Å². The highest BCUT2D eigenvalue weighted by Crippen LogP contribution is 2.29. The number of aromatic amines is 1. The molecule has 2 aromatic heterocycles. The zero-order valence-electron chi connectivity index (χ0n) is 11.1. The zero-order chi connectivity index (χ0) is 14.8. The minimum Gasteiger partial charge on any atom is -0.495 e. The van der Waals surface area contributed by atoms with Crippen molar-refractivity contribution in [2.45, 2.75) is 0 Å². The molecule has 0 unspecified atom stereocenters. The number of hydrogen-bond acceptors (Lipinski definition) is 5. The van der Waals surface area contributed by atoms with E-state index < -0.39 is 6.03 Å². The molecule has 0 radical (unpaired) electrons. The van der Waals surface area contributed by atoms with Gasteiger partial charge in [-0.15, -0.1) is 0 Å². The molecule has 2 heterocycles. The predicted octanol–water partition coefficient (Wildman–Crippen LogP) is 1.52. The summed E-state index contributed by atoms with van der Waals surface area (Å²) < 4.78 is 5.17. The van der Waals surface area contributed by atoms with Crippen LogP contribution in [0.4, 0.5) is 10.5 Å². The number of aromatic nitrogens is 4. The lowest BCUT2D eigenvalue weighted by Gasteiger charge is -2.09. The number of benzene rings is 1. The first kappa shape index (κ1) is 12.9. The number of methoxy groups -OCH3 is 1. The number of nitrogens with zero attached hydrogens (tertiary/aromatic N) is 3. The number of H-pyrrole nitrogens is 1. The van der Waals surface area contributed by atoms with Gasteiger partial charge in [0.05, 0.1) is 12.8 Å². The summed E-state index contributed by atoms with van der Waals surface area (Å²) in [6.45, 7) is 0. The van der Waals surface area contributed by atoms with E-state index in [1.54, 1.807) is 24.5 Å². The first-order chi connectivity index (χ1) is 10.2. The standard InChI is InChI=1S/C13H12N6O2/c1-21-9-3-2-7(6-8(9)17-13(14)20)10-18-11-12(19-10)16-5-4-15-11/h2-6H,1H3,(H3,14,17,20)(H,15,16,18,19). The van der Waals surface area contributed by atoms with Gasteiger partial charge in [-0.25, -0.2) is 19.7 Å². The Labute approximate surface area is 119 Å². The topological polar surface area (TPSA) is 119 Å². The number of nitrogens with two attached hydrogens (primary N) is 1. The molecule has 0 aliphatic rings. The van der Waals surface area contributed by atoms with E-state index in [4.69, 9.17) is 10.5 Å². The fourth-order valence-electron chi connectivity index (χ4n) is 1.97. The Morgan fingerprint density at radius 3 is 2.86 bits per heavy atom. The van der Waals surface area contributed by atoms with Gasteiger partial charge in [-0.2, -0.15) is 0 Å². The summed E-state index contributed by atoms with van der Waals surface area (Å²) in [6, 6.07) is 4.57. The smallest absolute Gasteiger partial charge is 0.316 e. The summed E-state index contributed by atoms with van der Waals surface area (Å²) in [4.78, 5) is 26.7. The molecule has 0 spiro atoms. The Balaban J connectivity index is 2.07. The first-order valence-corrected chi connectivity index (χ1v) is 6.09. The van der Waals surface area contributed by atoms with Crippen LogP contribution in [0, 0.1) is 0 Å². The Bertz CT molecular complexity index is 780. The van der Waals surface area contributed by atoms with Crippen LogP contribution in [0.15, 0.2) is 30.6 Å². The molecule has 0 bridgehead atoms. The van der Waals surface area contributed by atoms with Crippen molar-refractivity contribution in [2.75, 3.05) is 12.4 Å². The number of amides is 2.